The highest BCUT2D eigenvalue weighted by molar-refractivity contribution is 5.88. The van der Waals surface area contributed by atoms with Gasteiger partial charge in [0.05, 0.1) is 6.10 Å². The van der Waals surface area contributed by atoms with Crippen molar-refractivity contribution in [3.63, 3.8) is 0 Å². The fourth-order valence-electron chi connectivity index (χ4n) is 3.21. The van der Waals surface area contributed by atoms with Crippen LogP contribution in [0.15, 0.2) is 18.2 Å². The molecule has 1 aliphatic rings. The van der Waals surface area contributed by atoms with E-state index in [4.69, 9.17) is 10.5 Å². The van der Waals surface area contributed by atoms with Gasteiger partial charge < -0.3 is 20.5 Å². The van der Waals surface area contributed by atoms with E-state index < -0.39 is 17.6 Å². The Labute approximate surface area is 146 Å². The molecule has 0 aliphatic heterocycles. The van der Waals surface area contributed by atoms with Gasteiger partial charge >= 0.3 is 6.61 Å². The standard InChI is InChI=1S/C18H26F2N2O3/c1-5-24-14-9-18(21,17(14,3)4)15(23)22-10-12-8-11(2)6-7-13(12)25-16(19)20/h6-8,14,16H,5,9-10,21H2,1-4H3,(H,22,23). The van der Waals surface area contributed by atoms with E-state index in [0.29, 0.717) is 18.6 Å². The Morgan fingerprint density at radius 3 is 2.68 bits per heavy atom. The smallest absolute Gasteiger partial charge is 0.387 e. The van der Waals surface area contributed by atoms with Gasteiger partial charge in [-0.3, -0.25) is 4.79 Å². The van der Waals surface area contributed by atoms with Gasteiger partial charge in [-0.25, -0.2) is 0 Å². The van der Waals surface area contributed by atoms with Crippen molar-refractivity contribution in [3.05, 3.63) is 29.3 Å². The normalized spacial score (nSPS) is 24.7. The molecule has 0 bridgehead atoms. The molecule has 0 aromatic heterocycles. The lowest BCUT2D eigenvalue weighted by Crippen LogP contribution is -2.75. The predicted molar refractivity (Wildman–Crippen MR) is 90.4 cm³/mol. The predicted octanol–water partition coefficient (Wildman–Crippen LogP) is 2.75. The summed E-state index contributed by atoms with van der Waals surface area (Å²) in [5.41, 5.74) is 6.11. The summed E-state index contributed by atoms with van der Waals surface area (Å²) in [6.45, 7) is 5.23. The van der Waals surface area contributed by atoms with Gasteiger partial charge in [0, 0.05) is 30.6 Å². The first-order valence-electron chi connectivity index (χ1n) is 8.35. The number of amides is 1. The van der Waals surface area contributed by atoms with Gasteiger partial charge in [0.15, 0.2) is 0 Å². The molecular weight excluding hydrogens is 330 g/mol. The largest absolute Gasteiger partial charge is 0.434 e. The fraction of sp³-hybridized carbons (Fsp3) is 0.611. The molecule has 0 saturated heterocycles. The van der Waals surface area contributed by atoms with Crippen LogP contribution in [0.25, 0.3) is 0 Å². The molecule has 2 atom stereocenters. The van der Waals surface area contributed by atoms with E-state index in [0.717, 1.165) is 5.56 Å². The summed E-state index contributed by atoms with van der Waals surface area (Å²) in [4.78, 5) is 12.6. The average molecular weight is 356 g/mol. The number of nitrogens with two attached hydrogens (primary N) is 1. The van der Waals surface area contributed by atoms with E-state index in [2.05, 4.69) is 10.1 Å². The monoisotopic (exact) mass is 356 g/mol. The third kappa shape index (κ3) is 3.77. The minimum absolute atomic E-state index is 0.0482. The van der Waals surface area contributed by atoms with Crippen molar-refractivity contribution in [2.24, 2.45) is 11.1 Å². The summed E-state index contributed by atoms with van der Waals surface area (Å²) in [5.74, 6) is -0.273. The minimum Gasteiger partial charge on any atom is -0.434 e. The molecule has 1 aliphatic carbocycles. The number of benzene rings is 1. The molecule has 140 valence electrons. The van der Waals surface area contributed by atoms with Crippen molar-refractivity contribution < 1.29 is 23.0 Å². The van der Waals surface area contributed by atoms with Crippen molar-refractivity contribution in [3.8, 4) is 5.75 Å². The van der Waals surface area contributed by atoms with E-state index in [-0.39, 0.29) is 24.3 Å². The second kappa shape index (κ2) is 7.25. The summed E-state index contributed by atoms with van der Waals surface area (Å²) in [6.07, 6.45) is 0.346. The zero-order valence-corrected chi connectivity index (χ0v) is 15.1. The summed E-state index contributed by atoms with van der Waals surface area (Å²) >= 11 is 0. The van der Waals surface area contributed by atoms with Crippen molar-refractivity contribution in [2.75, 3.05) is 6.61 Å². The van der Waals surface area contributed by atoms with Crippen LogP contribution in [0.5, 0.6) is 5.75 Å². The Morgan fingerprint density at radius 1 is 1.44 bits per heavy atom. The molecule has 1 aromatic carbocycles. The van der Waals surface area contributed by atoms with Crippen LogP contribution in [0.4, 0.5) is 8.78 Å². The van der Waals surface area contributed by atoms with Gasteiger partial charge in [-0.1, -0.05) is 31.5 Å². The summed E-state index contributed by atoms with van der Waals surface area (Å²) in [7, 11) is 0. The highest BCUT2D eigenvalue weighted by Crippen LogP contribution is 2.49. The number of rotatable bonds is 7. The maximum absolute atomic E-state index is 12.6. The van der Waals surface area contributed by atoms with Crippen LogP contribution < -0.4 is 15.8 Å². The topological polar surface area (TPSA) is 73.6 Å². The van der Waals surface area contributed by atoms with Crippen LogP contribution in [0.2, 0.25) is 0 Å². The van der Waals surface area contributed by atoms with Crippen LogP contribution in [0.1, 0.15) is 38.3 Å². The van der Waals surface area contributed by atoms with E-state index >= 15 is 0 Å². The molecule has 2 unspecified atom stereocenters. The van der Waals surface area contributed by atoms with E-state index in [1.807, 2.05) is 27.7 Å². The number of ether oxygens (including phenoxy) is 2. The van der Waals surface area contributed by atoms with Crippen LogP contribution in [0, 0.1) is 12.3 Å². The number of carbonyl (C=O) groups excluding carboxylic acids is 1. The SMILES string of the molecule is CCOC1CC(N)(C(=O)NCc2cc(C)ccc2OC(F)F)C1(C)C. The Kier molecular flexibility index (Phi) is 5.68. The third-order valence-electron chi connectivity index (χ3n) is 5.11. The van der Waals surface area contributed by atoms with Gasteiger partial charge in [-0.15, -0.1) is 0 Å². The first-order valence-corrected chi connectivity index (χ1v) is 8.35. The molecule has 0 heterocycles. The van der Waals surface area contributed by atoms with Crippen molar-refractivity contribution in [1.82, 2.24) is 5.32 Å². The molecule has 1 amide bonds. The molecule has 5 nitrogen and oxygen atoms in total. The number of halogens is 2. The van der Waals surface area contributed by atoms with Gasteiger partial charge in [-0.05, 0) is 19.9 Å². The lowest BCUT2D eigenvalue weighted by Gasteiger charge is -2.57. The molecule has 1 saturated carbocycles. The van der Waals surface area contributed by atoms with Crippen molar-refractivity contribution in [2.45, 2.75) is 58.9 Å². The Morgan fingerprint density at radius 2 is 2.12 bits per heavy atom. The quantitative estimate of drug-likeness (QED) is 0.788. The van der Waals surface area contributed by atoms with Gasteiger partial charge in [0.1, 0.15) is 11.3 Å². The average Bonchev–Trinajstić information content (AvgIpc) is 2.53. The summed E-state index contributed by atoms with van der Waals surface area (Å²) in [6, 6.07) is 4.85. The molecule has 1 aromatic rings. The van der Waals surface area contributed by atoms with E-state index in [1.54, 1.807) is 12.1 Å². The van der Waals surface area contributed by atoms with Crippen molar-refractivity contribution >= 4 is 5.91 Å². The molecule has 0 radical (unpaired) electrons. The number of hydrogen-bond acceptors (Lipinski definition) is 4. The van der Waals surface area contributed by atoms with E-state index in [9.17, 15) is 13.6 Å². The maximum atomic E-state index is 12.6. The zero-order valence-electron chi connectivity index (χ0n) is 15.1. The van der Waals surface area contributed by atoms with Gasteiger partial charge in [-0.2, -0.15) is 8.78 Å². The number of hydrogen-bond donors (Lipinski definition) is 2. The minimum atomic E-state index is -2.92. The van der Waals surface area contributed by atoms with Crippen LogP contribution >= 0.6 is 0 Å². The van der Waals surface area contributed by atoms with Crippen LogP contribution in [0.3, 0.4) is 0 Å². The first-order chi connectivity index (χ1) is 11.6. The van der Waals surface area contributed by atoms with Gasteiger partial charge in [0.2, 0.25) is 5.91 Å². The Bertz CT molecular complexity index is 637. The number of aryl methyl sites for hydroxylation is 1. The Hall–Kier alpha value is -1.73. The maximum Gasteiger partial charge on any atom is 0.387 e. The van der Waals surface area contributed by atoms with Gasteiger partial charge in [0.25, 0.3) is 0 Å². The van der Waals surface area contributed by atoms with Crippen LogP contribution in [-0.4, -0.2) is 30.8 Å². The highest BCUT2D eigenvalue weighted by Gasteiger charge is 2.62. The van der Waals surface area contributed by atoms with Crippen molar-refractivity contribution in [1.29, 1.82) is 0 Å². The highest BCUT2D eigenvalue weighted by atomic mass is 19.3. The van der Waals surface area contributed by atoms with Crippen LogP contribution in [-0.2, 0) is 16.1 Å². The van der Waals surface area contributed by atoms with E-state index in [1.165, 1.54) is 6.07 Å². The number of nitrogens with one attached hydrogen (secondary N) is 1. The fourth-order valence-corrected chi connectivity index (χ4v) is 3.21. The zero-order chi connectivity index (χ0) is 18.8. The second-order valence-electron chi connectivity index (χ2n) is 7.01. The lowest BCUT2D eigenvalue weighted by atomic mass is 9.54. The molecule has 0 spiro atoms. The molecule has 2 rings (SSSR count). The molecule has 3 N–H and O–H groups in total. The molecular formula is C18H26F2N2O3. The molecule has 7 heteroatoms. The number of alkyl halides is 2. The first kappa shape index (κ1) is 19.6. The lowest BCUT2D eigenvalue weighted by molar-refractivity contribution is -0.170. The third-order valence-corrected chi connectivity index (χ3v) is 5.11. The molecule has 25 heavy (non-hydrogen) atoms. The Balaban J connectivity index is 2.07. The second-order valence-corrected chi connectivity index (χ2v) is 7.01. The molecule has 1 fully saturated rings. The summed E-state index contributed by atoms with van der Waals surface area (Å²) in [5, 5.41) is 2.76. The number of carbonyl (C=O) groups is 1. The summed E-state index contributed by atoms with van der Waals surface area (Å²) < 4.78 is 35.2.